The van der Waals surface area contributed by atoms with E-state index in [-0.39, 0.29) is 25.2 Å². The number of rotatable bonds is 7. The van der Waals surface area contributed by atoms with Gasteiger partial charge in [0.25, 0.3) is 0 Å². The van der Waals surface area contributed by atoms with Gasteiger partial charge < -0.3 is 19.5 Å². The summed E-state index contributed by atoms with van der Waals surface area (Å²) in [4.78, 5) is 23.7. The van der Waals surface area contributed by atoms with E-state index < -0.39 is 5.92 Å². The Morgan fingerprint density at radius 3 is 2.83 bits per heavy atom. The van der Waals surface area contributed by atoms with E-state index in [9.17, 15) is 9.59 Å². The molecule has 6 heteroatoms. The van der Waals surface area contributed by atoms with E-state index in [1.54, 1.807) is 12.2 Å². The first-order chi connectivity index (χ1) is 11.6. The zero-order chi connectivity index (χ0) is 17.4. The topological polar surface area (TPSA) is 73.9 Å². The minimum atomic E-state index is -0.477. The summed E-state index contributed by atoms with van der Waals surface area (Å²) in [5, 5.41) is 2.71. The van der Waals surface area contributed by atoms with Crippen LogP contribution in [0, 0.1) is 5.92 Å². The normalized spacial score (nSPS) is 14.1. The van der Waals surface area contributed by atoms with Crippen LogP contribution in [0.4, 0.5) is 0 Å². The quantitative estimate of drug-likeness (QED) is 0.470. The monoisotopic (exact) mass is 331 g/mol. The van der Waals surface area contributed by atoms with Gasteiger partial charge in [0.1, 0.15) is 0 Å². The lowest BCUT2D eigenvalue weighted by Crippen LogP contribution is -2.33. The molecule has 0 saturated carbocycles. The molecule has 0 fully saturated rings. The fourth-order valence-electron chi connectivity index (χ4n) is 2.29. The van der Waals surface area contributed by atoms with Gasteiger partial charge in [-0.3, -0.25) is 9.59 Å². The largest absolute Gasteiger partial charge is 0.469 e. The van der Waals surface area contributed by atoms with Crippen LogP contribution in [0.1, 0.15) is 12.5 Å². The third-order valence-corrected chi connectivity index (χ3v) is 3.53. The van der Waals surface area contributed by atoms with Gasteiger partial charge in [-0.05, 0) is 31.0 Å². The molecule has 24 heavy (non-hydrogen) atoms. The molecule has 1 heterocycles. The van der Waals surface area contributed by atoms with Crippen molar-refractivity contribution in [1.82, 2.24) is 5.32 Å². The second-order valence-corrected chi connectivity index (χ2v) is 5.24. The molecule has 1 aliphatic rings. The number of hydrogen-bond donors (Lipinski definition) is 1. The van der Waals surface area contributed by atoms with Crippen molar-refractivity contribution in [3.63, 3.8) is 0 Å². The smallest absolute Gasteiger partial charge is 0.310 e. The van der Waals surface area contributed by atoms with Gasteiger partial charge in [0, 0.05) is 12.6 Å². The van der Waals surface area contributed by atoms with E-state index >= 15 is 0 Å². The molecule has 128 valence electrons. The molecular weight excluding hydrogens is 310 g/mol. The van der Waals surface area contributed by atoms with E-state index in [0.29, 0.717) is 17.9 Å². The highest BCUT2D eigenvalue weighted by molar-refractivity contribution is 5.88. The van der Waals surface area contributed by atoms with Crippen LogP contribution < -0.4 is 14.8 Å². The van der Waals surface area contributed by atoms with E-state index in [1.807, 2.05) is 31.2 Å². The Morgan fingerprint density at radius 2 is 2.08 bits per heavy atom. The molecule has 6 nitrogen and oxygen atoms in total. The number of methoxy groups -OCH3 is 1. The number of fused-ring (bicyclic) bond motifs is 1. The lowest BCUT2D eigenvalue weighted by atomic mass is 9.99. The number of allylic oxidation sites excluding steroid dienone is 3. The third-order valence-electron chi connectivity index (χ3n) is 3.53. The zero-order valence-corrected chi connectivity index (χ0v) is 13.8. The van der Waals surface area contributed by atoms with Crippen LogP contribution in [0.15, 0.2) is 42.5 Å². The molecule has 1 aromatic carbocycles. The first-order valence-corrected chi connectivity index (χ1v) is 7.67. The Kier molecular flexibility index (Phi) is 6.42. The summed E-state index contributed by atoms with van der Waals surface area (Å²) in [6.45, 7) is 2.26. The number of carbonyl (C=O) groups is 2. The average molecular weight is 331 g/mol. The Balaban J connectivity index is 1.98. The predicted molar refractivity (Wildman–Crippen MR) is 88.7 cm³/mol. The van der Waals surface area contributed by atoms with E-state index in [2.05, 4.69) is 5.32 Å². The molecule has 1 amide bonds. The second kappa shape index (κ2) is 8.76. The number of amides is 1. The van der Waals surface area contributed by atoms with Crippen molar-refractivity contribution in [1.29, 1.82) is 0 Å². The molecule has 0 saturated heterocycles. The van der Waals surface area contributed by atoms with Gasteiger partial charge >= 0.3 is 5.97 Å². The Labute approximate surface area is 141 Å². The molecule has 0 aliphatic carbocycles. The van der Waals surface area contributed by atoms with Gasteiger partial charge in [-0.25, -0.2) is 0 Å². The average Bonchev–Trinajstić information content (AvgIpc) is 3.05. The molecule has 1 aromatic rings. The summed E-state index contributed by atoms with van der Waals surface area (Å²) in [5.74, 6) is 0.248. The molecule has 2 rings (SSSR count). The number of ether oxygens (including phenoxy) is 3. The van der Waals surface area contributed by atoms with Crippen LogP contribution in [0.5, 0.6) is 11.5 Å². The first kappa shape index (κ1) is 17.6. The van der Waals surface area contributed by atoms with Gasteiger partial charge in [0.05, 0.1) is 13.0 Å². The Hall–Kier alpha value is -2.76. The summed E-state index contributed by atoms with van der Waals surface area (Å²) in [5.41, 5.74) is 0.911. The van der Waals surface area contributed by atoms with Crippen LogP contribution in [0.25, 0.3) is 0 Å². The van der Waals surface area contributed by atoms with Crippen molar-refractivity contribution in [3.05, 3.63) is 48.1 Å². The van der Waals surface area contributed by atoms with Crippen molar-refractivity contribution in [2.24, 2.45) is 5.92 Å². The van der Waals surface area contributed by atoms with Crippen LogP contribution in [0.2, 0.25) is 0 Å². The van der Waals surface area contributed by atoms with Gasteiger partial charge in [-0.15, -0.1) is 0 Å². The summed E-state index contributed by atoms with van der Waals surface area (Å²) >= 11 is 0. The Bertz CT molecular complexity index is 651. The van der Waals surface area contributed by atoms with Gasteiger partial charge in [0.15, 0.2) is 11.5 Å². The standard InChI is InChI=1S/C18H21NO5/c1-3-4-5-6-17(20)19-11-14(18(21)22-2)9-13-7-8-15-16(10-13)24-12-23-15/h3-8,10,14H,9,11-12H2,1-2H3,(H,19,20). The molecule has 1 unspecified atom stereocenters. The van der Waals surface area contributed by atoms with Gasteiger partial charge in [-0.1, -0.05) is 24.3 Å². The predicted octanol–water partition coefficient (Wildman–Crippen LogP) is 2.00. The maximum atomic E-state index is 12.0. The highest BCUT2D eigenvalue weighted by Gasteiger charge is 2.22. The van der Waals surface area contributed by atoms with Gasteiger partial charge in [0.2, 0.25) is 12.7 Å². The van der Waals surface area contributed by atoms with Crippen molar-refractivity contribution >= 4 is 11.9 Å². The molecule has 1 aliphatic heterocycles. The minimum absolute atomic E-state index is 0.195. The summed E-state index contributed by atoms with van der Waals surface area (Å²) < 4.78 is 15.4. The van der Waals surface area contributed by atoms with Crippen molar-refractivity contribution < 1.29 is 23.8 Å². The SMILES string of the molecule is CC=CC=CC(=O)NCC(Cc1ccc2c(c1)OCO2)C(=O)OC. The highest BCUT2D eigenvalue weighted by Crippen LogP contribution is 2.33. The third kappa shape index (κ3) is 4.87. The first-order valence-electron chi connectivity index (χ1n) is 7.67. The van der Waals surface area contributed by atoms with Crippen LogP contribution in [-0.4, -0.2) is 32.3 Å². The molecule has 1 N–H and O–H groups in total. The molecular formula is C18H21NO5. The molecule has 0 spiro atoms. The van der Waals surface area contributed by atoms with Crippen LogP contribution in [0.3, 0.4) is 0 Å². The number of carbonyl (C=O) groups excluding carboxylic acids is 2. The number of hydrogen-bond acceptors (Lipinski definition) is 5. The summed E-state index contributed by atoms with van der Waals surface area (Å²) in [6.07, 6.45) is 7.06. The van der Waals surface area contributed by atoms with Crippen molar-refractivity contribution in [2.75, 3.05) is 20.4 Å². The van der Waals surface area contributed by atoms with E-state index in [4.69, 9.17) is 14.2 Å². The zero-order valence-electron chi connectivity index (χ0n) is 13.8. The molecule has 1 atom stereocenters. The maximum absolute atomic E-state index is 12.0. The lowest BCUT2D eigenvalue weighted by Gasteiger charge is -2.15. The van der Waals surface area contributed by atoms with E-state index in [0.717, 1.165) is 5.56 Å². The maximum Gasteiger partial charge on any atom is 0.310 e. The van der Waals surface area contributed by atoms with Crippen molar-refractivity contribution in [3.8, 4) is 11.5 Å². The van der Waals surface area contributed by atoms with Gasteiger partial charge in [-0.2, -0.15) is 0 Å². The number of benzene rings is 1. The highest BCUT2D eigenvalue weighted by atomic mass is 16.7. The van der Waals surface area contributed by atoms with Crippen LogP contribution in [-0.2, 0) is 20.7 Å². The molecule has 0 radical (unpaired) electrons. The number of nitrogens with one attached hydrogen (secondary N) is 1. The van der Waals surface area contributed by atoms with E-state index in [1.165, 1.54) is 13.2 Å². The van der Waals surface area contributed by atoms with Crippen molar-refractivity contribution in [2.45, 2.75) is 13.3 Å². The molecule has 0 bridgehead atoms. The lowest BCUT2D eigenvalue weighted by molar-refractivity contribution is -0.145. The minimum Gasteiger partial charge on any atom is -0.469 e. The fourth-order valence-corrected chi connectivity index (χ4v) is 2.29. The molecule has 0 aromatic heterocycles. The Morgan fingerprint density at radius 1 is 1.29 bits per heavy atom. The fraction of sp³-hybridized carbons (Fsp3) is 0.333. The summed E-state index contributed by atoms with van der Waals surface area (Å²) in [6, 6.07) is 5.52. The number of esters is 1. The second-order valence-electron chi connectivity index (χ2n) is 5.24. The summed E-state index contributed by atoms with van der Waals surface area (Å²) in [7, 11) is 1.34. The van der Waals surface area contributed by atoms with Crippen LogP contribution >= 0.6 is 0 Å².